The largest absolute Gasteiger partial charge is 0.388 e. The van der Waals surface area contributed by atoms with Crippen molar-refractivity contribution in [3.8, 4) is 0 Å². The molecule has 0 radical (unpaired) electrons. The van der Waals surface area contributed by atoms with E-state index in [2.05, 4.69) is 15.9 Å². The standard InChI is InChI=1S/C14H10BrCl3O/c15-8-4-5-9(13(18)6-8)14(19)7-10-11(16)2-1-3-12(10)17/h1-6,14,19H,7H2. The van der Waals surface area contributed by atoms with Gasteiger partial charge >= 0.3 is 0 Å². The molecule has 0 aliphatic carbocycles. The molecule has 0 aromatic heterocycles. The second-order valence-corrected chi connectivity index (χ2v) is 6.22. The van der Waals surface area contributed by atoms with Crippen molar-refractivity contribution in [2.24, 2.45) is 0 Å². The van der Waals surface area contributed by atoms with E-state index in [1.54, 1.807) is 30.3 Å². The molecule has 19 heavy (non-hydrogen) atoms. The molecule has 0 spiro atoms. The molecule has 0 amide bonds. The van der Waals surface area contributed by atoms with E-state index in [1.807, 2.05) is 6.07 Å². The molecule has 0 aliphatic heterocycles. The van der Waals surface area contributed by atoms with E-state index in [0.717, 1.165) is 10.0 Å². The highest BCUT2D eigenvalue weighted by atomic mass is 79.9. The van der Waals surface area contributed by atoms with Crippen LogP contribution in [0.3, 0.4) is 0 Å². The molecule has 1 N–H and O–H groups in total. The Balaban J connectivity index is 2.28. The highest BCUT2D eigenvalue weighted by molar-refractivity contribution is 9.10. The van der Waals surface area contributed by atoms with Crippen molar-refractivity contribution in [2.45, 2.75) is 12.5 Å². The predicted molar refractivity (Wildman–Crippen MR) is 84.3 cm³/mol. The third kappa shape index (κ3) is 3.65. The fourth-order valence-corrected chi connectivity index (χ4v) is 3.15. The molecule has 1 nitrogen and oxygen atoms in total. The second kappa shape index (κ2) is 6.47. The Kier molecular flexibility index (Phi) is 5.15. The minimum Gasteiger partial charge on any atom is -0.388 e. The molecular formula is C14H10BrCl3O. The maximum absolute atomic E-state index is 10.3. The van der Waals surface area contributed by atoms with E-state index in [1.165, 1.54) is 0 Å². The summed E-state index contributed by atoms with van der Waals surface area (Å²) in [6.07, 6.45) is -0.433. The van der Waals surface area contributed by atoms with Gasteiger partial charge in [0.25, 0.3) is 0 Å². The summed E-state index contributed by atoms with van der Waals surface area (Å²) in [5.41, 5.74) is 1.37. The first-order chi connectivity index (χ1) is 8.99. The fraction of sp³-hybridized carbons (Fsp3) is 0.143. The van der Waals surface area contributed by atoms with Crippen LogP contribution in [0.4, 0.5) is 0 Å². The van der Waals surface area contributed by atoms with Crippen LogP contribution < -0.4 is 0 Å². The lowest BCUT2D eigenvalue weighted by Crippen LogP contribution is -2.03. The van der Waals surface area contributed by atoms with Gasteiger partial charge in [-0.25, -0.2) is 0 Å². The molecule has 2 aromatic carbocycles. The Bertz CT molecular complexity index is 581. The number of hydrogen-bond acceptors (Lipinski definition) is 1. The van der Waals surface area contributed by atoms with Crippen LogP contribution in [0.1, 0.15) is 17.2 Å². The van der Waals surface area contributed by atoms with Gasteiger partial charge in [-0.1, -0.05) is 62.9 Å². The van der Waals surface area contributed by atoms with Gasteiger partial charge in [-0.3, -0.25) is 0 Å². The van der Waals surface area contributed by atoms with E-state index >= 15 is 0 Å². The van der Waals surface area contributed by atoms with Gasteiger partial charge in [-0.2, -0.15) is 0 Å². The SMILES string of the molecule is OC(Cc1c(Cl)cccc1Cl)c1ccc(Br)cc1Cl. The van der Waals surface area contributed by atoms with Gasteiger partial charge in [0, 0.05) is 26.0 Å². The Morgan fingerprint density at radius 3 is 2.21 bits per heavy atom. The number of aliphatic hydroxyl groups excluding tert-OH is 1. The van der Waals surface area contributed by atoms with Crippen molar-refractivity contribution in [3.63, 3.8) is 0 Å². The van der Waals surface area contributed by atoms with E-state index in [-0.39, 0.29) is 0 Å². The molecule has 1 atom stereocenters. The van der Waals surface area contributed by atoms with Crippen LogP contribution >= 0.6 is 50.7 Å². The van der Waals surface area contributed by atoms with E-state index in [9.17, 15) is 5.11 Å². The lowest BCUT2D eigenvalue weighted by atomic mass is 10.0. The second-order valence-electron chi connectivity index (χ2n) is 4.09. The van der Waals surface area contributed by atoms with Gasteiger partial charge in [0.1, 0.15) is 0 Å². The molecular weight excluding hydrogens is 370 g/mol. The molecule has 0 saturated carbocycles. The van der Waals surface area contributed by atoms with Gasteiger partial charge in [0.05, 0.1) is 6.10 Å². The van der Waals surface area contributed by atoms with Crippen molar-refractivity contribution < 1.29 is 5.11 Å². The molecule has 0 bridgehead atoms. The number of benzene rings is 2. The molecule has 1 unspecified atom stereocenters. The van der Waals surface area contributed by atoms with Gasteiger partial charge in [-0.15, -0.1) is 0 Å². The lowest BCUT2D eigenvalue weighted by Gasteiger charge is -2.15. The number of hydrogen-bond donors (Lipinski definition) is 1. The maximum Gasteiger partial charge on any atom is 0.0845 e. The van der Waals surface area contributed by atoms with Crippen molar-refractivity contribution in [3.05, 3.63) is 67.1 Å². The van der Waals surface area contributed by atoms with Crippen molar-refractivity contribution >= 4 is 50.7 Å². The Hall–Kier alpha value is -0.250. The lowest BCUT2D eigenvalue weighted by molar-refractivity contribution is 0.178. The Morgan fingerprint density at radius 2 is 1.63 bits per heavy atom. The summed E-state index contributed by atoms with van der Waals surface area (Å²) in [6.45, 7) is 0. The quantitative estimate of drug-likeness (QED) is 0.726. The summed E-state index contributed by atoms with van der Waals surface area (Å²) in [6, 6.07) is 10.6. The molecule has 2 aromatic rings. The number of halogens is 4. The molecule has 2 rings (SSSR count). The summed E-state index contributed by atoms with van der Waals surface area (Å²) in [7, 11) is 0. The van der Waals surface area contributed by atoms with Crippen LogP contribution in [0, 0.1) is 0 Å². The fourth-order valence-electron chi connectivity index (χ4n) is 1.80. The van der Waals surface area contributed by atoms with Gasteiger partial charge in [-0.05, 0) is 35.4 Å². The number of rotatable bonds is 3. The number of aliphatic hydroxyl groups is 1. The molecule has 0 fully saturated rings. The van der Waals surface area contributed by atoms with Crippen molar-refractivity contribution in [2.75, 3.05) is 0 Å². The topological polar surface area (TPSA) is 20.2 Å². The summed E-state index contributed by atoms with van der Waals surface area (Å²) < 4.78 is 0.865. The van der Waals surface area contributed by atoms with Crippen LogP contribution in [0.5, 0.6) is 0 Å². The Labute approximate surface area is 135 Å². The van der Waals surface area contributed by atoms with E-state index in [0.29, 0.717) is 27.1 Å². The smallest absolute Gasteiger partial charge is 0.0845 e. The summed E-state index contributed by atoms with van der Waals surface area (Å²) in [5.74, 6) is 0. The van der Waals surface area contributed by atoms with Crippen molar-refractivity contribution in [1.82, 2.24) is 0 Å². The Morgan fingerprint density at radius 1 is 1.00 bits per heavy atom. The molecule has 5 heteroatoms. The van der Waals surface area contributed by atoms with Crippen molar-refractivity contribution in [1.29, 1.82) is 0 Å². The third-order valence-corrected chi connectivity index (χ3v) is 4.31. The zero-order valence-corrected chi connectivity index (χ0v) is 13.6. The normalized spacial score (nSPS) is 12.5. The van der Waals surface area contributed by atoms with Crippen LogP contribution in [0.15, 0.2) is 40.9 Å². The zero-order valence-electron chi connectivity index (χ0n) is 9.71. The summed E-state index contributed by atoms with van der Waals surface area (Å²) in [5, 5.41) is 11.9. The summed E-state index contributed by atoms with van der Waals surface area (Å²) >= 11 is 21.6. The van der Waals surface area contributed by atoms with Crippen LogP contribution in [-0.2, 0) is 6.42 Å². The first-order valence-electron chi connectivity index (χ1n) is 5.55. The molecule has 0 heterocycles. The van der Waals surface area contributed by atoms with Crippen LogP contribution in [-0.4, -0.2) is 5.11 Å². The summed E-state index contributed by atoms with van der Waals surface area (Å²) in [4.78, 5) is 0. The van der Waals surface area contributed by atoms with Gasteiger partial charge in [0.2, 0.25) is 0 Å². The average Bonchev–Trinajstić information content (AvgIpc) is 2.33. The zero-order chi connectivity index (χ0) is 14.0. The predicted octanol–water partition coefficient (Wildman–Crippen LogP) is 5.69. The molecule has 0 saturated heterocycles. The molecule has 0 aliphatic rings. The minimum atomic E-state index is -0.752. The van der Waals surface area contributed by atoms with Crippen LogP contribution in [0.25, 0.3) is 0 Å². The monoisotopic (exact) mass is 378 g/mol. The molecule has 100 valence electrons. The first-order valence-corrected chi connectivity index (χ1v) is 7.47. The third-order valence-electron chi connectivity index (χ3n) is 2.78. The van der Waals surface area contributed by atoms with Gasteiger partial charge < -0.3 is 5.11 Å². The maximum atomic E-state index is 10.3. The first kappa shape index (κ1) is 15.1. The average molecular weight is 380 g/mol. The highest BCUT2D eigenvalue weighted by Gasteiger charge is 2.16. The van der Waals surface area contributed by atoms with E-state index < -0.39 is 6.10 Å². The van der Waals surface area contributed by atoms with Crippen LogP contribution in [0.2, 0.25) is 15.1 Å². The van der Waals surface area contributed by atoms with E-state index in [4.69, 9.17) is 34.8 Å². The minimum absolute atomic E-state index is 0.319. The highest BCUT2D eigenvalue weighted by Crippen LogP contribution is 2.32. The van der Waals surface area contributed by atoms with Gasteiger partial charge in [0.15, 0.2) is 0 Å².